The fourth-order valence-electron chi connectivity index (χ4n) is 5.09. The second kappa shape index (κ2) is 8.56. The SMILES string of the molecule is COCCN1C(=O)c2ccccc2C(C(=O)Nc2ccc(C)cn2)C12CCCCC2. The van der Waals surface area contributed by atoms with Crippen molar-refractivity contribution in [2.45, 2.75) is 50.5 Å². The van der Waals surface area contributed by atoms with Crippen molar-refractivity contribution in [3.05, 3.63) is 59.3 Å². The third-order valence-electron chi connectivity index (χ3n) is 6.49. The quantitative estimate of drug-likeness (QED) is 0.816. The lowest BCUT2D eigenvalue weighted by Gasteiger charge is -2.53. The molecular formula is C24H29N3O3. The molecule has 4 rings (SSSR count). The van der Waals surface area contributed by atoms with Gasteiger partial charge in [-0.05, 0) is 43.0 Å². The van der Waals surface area contributed by atoms with E-state index in [1.165, 1.54) is 0 Å². The molecule has 0 radical (unpaired) electrons. The van der Waals surface area contributed by atoms with Gasteiger partial charge in [0, 0.05) is 25.4 Å². The Labute approximate surface area is 177 Å². The Morgan fingerprint density at radius 2 is 1.97 bits per heavy atom. The number of aryl methyl sites for hydroxylation is 1. The average molecular weight is 408 g/mol. The lowest BCUT2D eigenvalue weighted by Crippen LogP contribution is -2.62. The molecule has 6 heteroatoms. The fraction of sp³-hybridized carbons (Fsp3) is 0.458. The van der Waals surface area contributed by atoms with Crippen molar-refractivity contribution in [3.8, 4) is 0 Å². The van der Waals surface area contributed by atoms with Gasteiger partial charge in [-0.15, -0.1) is 0 Å². The first-order chi connectivity index (χ1) is 14.6. The molecule has 1 unspecified atom stereocenters. The third kappa shape index (κ3) is 3.60. The first-order valence-electron chi connectivity index (χ1n) is 10.7. The molecule has 1 aliphatic heterocycles. The normalized spacial score (nSPS) is 20.1. The Bertz CT molecular complexity index is 920. The summed E-state index contributed by atoms with van der Waals surface area (Å²) in [6.45, 7) is 2.89. The van der Waals surface area contributed by atoms with Crippen LogP contribution in [0.25, 0.3) is 0 Å². The molecule has 1 aliphatic carbocycles. The predicted octanol–water partition coefficient (Wildman–Crippen LogP) is 3.92. The zero-order valence-corrected chi connectivity index (χ0v) is 17.7. The van der Waals surface area contributed by atoms with E-state index in [9.17, 15) is 9.59 Å². The first kappa shape index (κ1) is 20.5. The summed E-state index contributed by atoms with van der Waals surface area (Å²) in [6, 6.07) is 11.3. The van der Waals surface area contributed by atoms with E-state index in [4.69, 9.17) is 4.74 Å². The van der Waals surface area contributed by atoms with E-state index in [1.807, 2.05) is 48.2 Å². The Balaban J connectivity index is 1.79. The summed E-state index contributed by atoms with van der Waals surface area (Å²) in [5.74, 6) is -0.00118. The van der Waals surface area contributed by atoms with Crippen molar-refractivity contribution in [1.29, 1.82) is 0 Å². The first-order valence-corrected chi connectivity index (χ1v) is 10.7. The van der Waals surface area contributed by atoms with E-state index in [1.54, 1.807) is 13.3 Å². The third-order valence-corrected chi connectivity index (χ3v) is 6.49. The monoisotopic (exact) mass is 407 g/mol. The highest BCUT2D eigenvalue weighted by Crippen LogP contribution is 2.49. The molecule has 1 aromatic heterocycles. The molecule has 1 N–H and O–H groups in total. The maximum Gasteiger partial charge on any atom is 0.254 e. The number of methoxy groups -OCH3 is 1. The van der Waals surface area contributed by atoms with Gasteiger partial charge in [-0.25, -0.2) is 4.98 Å². The molecule has 1 spiro atoms. The van der Waals surface area contributed by atoms with Crippen molar-refractivity contribution < 1.29 is 14.3 Å². The highest BCUT2D eigenvalue weighted by Gasteiger charge is 2.54. The molecule has 2 heterocycles. The summed E-state index contributed by atoms with van der Waals surface area (Å²) in [6.07, 6.45) is 6.52. The Morgan fingerprint density at radius 1 is 1.20 bits per heavy atom. The molecule has 6 nitrogen and oxygen atoms in total. The maximum absolute atomic E-state index is 13.7. The second-order valence-electron chi connectivity index (χ2n) is 8.34. The van der Waals surface area contributed by atoms with Crippen LogP contribution in [0.1, 0.15) is 59.5 Å². The van der Waals surface area contributed by atoms with Crippen LogP contribution >= 0.6 is 0 Å². The smallest absolute Gasteiger partial charge is 0.254 e. The van der Waals surface area contributed by atoms with Crippen molar-refractivity contribution in [2.24, 2.45) is 0 Å². The number of anilines is 1. The summed E-state index contributed by atoms with van der Waals surface area (Å²) in [7, 11) is 1.64. The van der Waals surface area contributed by atoms with E-state index in [0.717, 1.165) is 43.2 Å². The molecule has 30 heavy (non-hydrogen) atoms. The van der Waals surface area contributed by atoms with Crippen LogP contribution in [-0.4, -0.2) is 47.5 Å². The summed E-state index contributed by atoms with van der Waals surface area (Å²) >= 11 is 0. The molecule has 1 aromatic carbocycles. The van der Waals surface area contributed by atoms with Gasteiger partial charge in [0.05, 0.1) is 18.1 Å². The van der Waals surface area contributed by atoms with Crippen LogP contribution in [0.2, 0.25) is 0 Å². The number of nitrogens with one attached hydrogen (secondary N) is 1. The van der Waals surface area contributed by atoms with Crippen LogP contribution in [0.4, 0.5) is 5.82 Å². The number of benzene rings is 1. The van der Waals surface area contributed by atoms with Gasteiger partial charge < -0.3 is 15.0 Å². The van der Waals surface area contributed by atoms with Crippen molar-refractivity contribution in [1.82, 2.24) is 9.88 Å². The van der Waals surface area contributed by atoms with Crippen LogP contribution in [0, 0.1) is 6.92 Å². The number of carbonyl (C=O) groups excluding carboxylic acids is 2. The Hall–Kier alpha value is -2.73. The second-order valence-corrected chi connectivity index (χ2v) is 8.34. The summed E-state index contributed by atoms with van der Waals surface area (Å²) in [5.41, 5.74) is 1.94. The fourth-order valence-corrected chi connectivity index (χ4v) is 5.09. The number of carbonyl (C=O) groups is 2. The lowest BCUT2D eigenvalue weighted by atomic mass is 9.65. The number of aromatic nitrogens is 1. The van der Waals surface area contributed by atoms with Gasteiger partial charge in [-0.1, -0.05) is 43.5 Å². The van der Waals surface area contributed by atoms with Crippen LogP contribution in [0.15, 0.2) is 42.6 Å². The number of hydrogen-bond acceptors (Lipinski definition) is 4. The van der Waals surface area contributed by atoms with Gasteiger partial charge in [-0.3, -0.25) is 9.59 Å². The van der Waals surface area contributed by atoms with Crippen molar-refractivity contribution in [2.75, 3.05) is 25.6 Å². The summed E-state index contributed by atoms with van der Waals surface area (Å²) < 4.78 is 5.31. The van der Waals surface area contributed by atoms with Crippen molar-refractivity contribution in [3.63, 3.8) is 0 Å². The van der Waals surface area contributed by atoms with E-state index in [-0.39, 0.29) is 11.8 Å². The Kier molecular flexibility index (Phi) is 5.86. The summed E-state index contributed by atoms with van der Waals surface area (Å²) in [5, 5.41) is 3.02. The molecule has 1 saturated carbocycles. The van der Waals surface area contributed by atoms with Crippen LogP contribution in [0.5, 0.6) is 0 Å². The molecule has 2 aromatic rings. The number of hydrogen-bond donors (Lipinski definition) is 1. The Morgan fingerprint density at radius 3 is 2.67 bits per heavy atom. The molecule has 1 fully saturated rings. The maximum atomic E-state index is 13.7. The minimum Gasteiger partial charge on any atom is -0.383 e. The van der Waals surface area contributed by atoms with Crippen molar-refractivity contribution >= 4 is 17.6 Å². The van der Waals surface area contributed by atoms with Crippen LogP contribution in [-0.2, 0) is 9.53 Å². The zero-order valence-electron chi connectivity index (χ0n) is 17.7. The standard InChI is InChI=1S/C24H29N3O3/c1-17-10-11-20(25-16-17)26-22(28)21-18-8-4-5-9-19(18)23(29)27(14-15-30-2)24(21)12-6-3-7-13-24/h4-5,8-11,16,21H,3,6-7,12-15H2,1-2H3,(H,25,26,28). The molecular weight excluding hydrogens is 378 g/mol. The van der Waals surface area contributed by atoms with E-state index >= 15 is 0 Å². The minimum absolute atomic E-state index is 0.00191. The van der Waals surface area contributed by atoms with Crippen LogP contribution in [0.3, 0.4) is 0 Å². The van der Waals surface area contributed by atoms with Gasteiger partial charge >= 0.3 is 0 Å². The van der Waals surface area contributed by atoms with Gasteiger partial charge in [0.25, 0.3) is 5.91 Å². The molecule has 2 aliphatic rings. The number of fused-ring (bicyclic) bond motifs is 1. The number of nitrogens with zero attached hydrogens (tertiary/aromatic N) is 2. The van der Waals surface area contributed by atoms with Gasteiger partial charge in [-0.2, -0.15) is 0 Å². The van der Waals surface area contributed by atoms with E-state index in [2.05, 4.69) is 10.3 Å². The van der Waals surface area contributed by atoms with E-state index in [0.29, 0.717) is 24.5 Å². The molecule has 158 valence electrons. The minimum atomic E-state index is -0.531. The largest absolute Gasteiger partial charge is 0.383 e. The number of pyridine rings is 1. The molecule has 1 atom stereocenters. The highest BCUT2D eigenvalue weighted by atomic mass is 16.5. The summed E-state index contributed by atoms with van der Waals surface area (Å²) in [4.78, 5) is 33.5. The van der Waals surface area contributed by atoms with Gasteiger partial charge in [0.1, 0.15) is 5.82 Å². The predicted molar refractivity (Wildman–Crippen MR) is 116 cm³/mol. The average Bonchev–Trinajstić information content (AvgIpc) is 2.76. The number of rotatable bonds is 5. The number of amides is 2. The number of ether oxygens (including phenoxy) is 1. The van der Waals surface area contributed by atoms with Gasteiger partial charge in [0.2, 0.25) is 5.91 Å². The van der Waals surface area contributed by atoms with Crippen LogP contribution < -0.4 is 5.32 Å². The highest BCUT2D eigenvalue weighted by molar-refractivity contribution is 6.04. The van der Waals surface area contributed by atoms with E-state index < -0.39 is 11.5 Å². The topological polar surface area (TPSA) is 71.5 Å². The molecule has 0 saturated heterocycles. The lowest BCUT2D eigenvalue weighted by molar-refractivity contribution is -0.122. The molecule has 2 amide bonds. The van der Waals surface area contributed by atoms with Gasteiger partial charge in [0.15, 0.2) is 0 Å². The molecule has 0 bridgehead atoms. The zero-order chi connectivity index (χ0) is 21.1.